The van der Waals surface area contributed by atoms with E-state index in [1.165, 1.54) is 5.56 Å². The molecule has 3 heterocycles. The van der Waals surface area contributed by atoms with Crippen molar-refractivity contribution >= 4 is 28.6 Å². The summed E-state index contributed by atoms with van der Waals surface area (Å²) in [5.41, 5.74) is 5.90. The Morgan fingerprint density at radius 3 is 2.60 bits per heavy atom. The van der Waals surface area contributed by atoms with E-state index in [0.29, 0.717) is 18.0 Å². The predicted molar refractivity (Wildman–Crippen MR) is 135 cm³/mol. The summed E-state index contributed by atoms with van der Waals surface area (Å²) in [6.45, 7) is 3.02. The highest BCUT2D eigenvalue weighted by atomic mass is 32.1. The van der Waals surface area contributed by atoms with Gasteiger partial charge in [-0.25, -0.2) is 4.99 Å². The van der Waals surface area contributed by atoms with Crippen LogP contribution in [0.4, 0.5) is 11.4 Å². The third-order valence-electron chi connectivity index (χ3n) is 6.05. The largest absolute Gasteiger partial charge is 0.482 e. The molecule has 2 aliphatic rings. The van der Waals surface area contributed by atoms with E-state index in [0.717, 1.165) is 45.2 Å². The molecule has 0 saturated carbocycles. The van der Waals surface area contributed by atoms with Crippen molar-refractivity contribution in [2.45, 2.75) is 19.9 Å². The molecule has 176 valence electrons. The van der Waals surface area contributed by atoms with Crippen LogP contribution >= 0.6 is 11.3 Å². The quantitative estimate of drug-likeness (QED) is 0.426. The number of aryl methyl sites for hydroxylation is 1. The minimum absolute atomic E-state index is 0.0365. The van der Waals surface area contributed by atoms with Crippen LogP contribution < -0.4 is 24.3 Å². The van der Waals surface area contributed by atoms with Crippen molar-refractivity contribution in [1.82, 2.24) is 4.57 Å². The van der Waals surface area contributed by atoms with Crippen molar-refractivity contribution in [2.75, 3.05) is 18.7 Å². The molecule has 0 radical (unpaired) electrons. The van der Waals surface area contributed by atoms with Gasteiger partial charge in [0.05, 0.1) is 23.6 Å². The number of ether oxygens (including phenoxy) is 3. The molecule has 1 amide bonds. The summed E-state index contributed by atoms with van der Waals surface area (Å²) in [4.78, 5) is 17.7. The van der Waals surface area contributed by atoms with Crippen LogP contribution in [0.3, 0.4) is 0 Å². The standard InChI is InChI=1S/C27H23N3O4S/c1-2-17-3-7-20(8-4-17)28-27-30(13-18-5-9-24-25(11-18)34-16-33-24)22(15-35-27)19-6-10-23-21(12-19)29-26(31)14-32-23/h3-12,15H,2,13-14,16H2,1H3,(H,29,31). The molecule has 3 aromatic carbocycles. The zero-order chi connectivity index (χ0) is 23.8. The second kappa shape index (κ2) is 8.96. The highest BCUT2D eigenvalue weighted by molar-refractivity contribution is 7.07. The van der Waals surface area contributed by atoms with Crippen molar-refractivity contribution in [3.63, 3.8) is 0 Å². The summed E-state index contributed by atoms with van der Waals surface area (Å²) >= 11 is 1.58. The smallest absolute Gasteiger partial charge is 0.262 e. The van der Waals surface area contributed by atoms with E-state index < -0.39 is 0 Å². The van der Waals surface area contributed by atoms with Crippen molar-refractivity contribution in [2.24, 2.45) is 4.99 Å². The lowest BCUT2D eigenvalue weighted by Gasteiger charge is -2.19. The molecule has 0 atom stereocenters. The summed E-state index contributed by atoms with van der Waals surface area (Å²) in [5, 5.41) is 5.00. The van der Waals surface area contributed by atoms with Gasteiger partial charge < -0.3 is 24.1 Å². The Labute approximate surface area is 206 Å². The van der Waals surface area contributed by atoms with Gasteiger partial charge in [-0.05, 0) is 60.0 Å². The van der Waals surface area contributed by atoms with Crippen molar-refractivity contribution in [3.05, 3.63) is 82.0 Å². The number of fused-ring (bicyclic) bond motifs is 2. The van der Waals surface area contributed by atoms with Gasteiger partial charge >= 0.3 is 0 Å². The van der Waals surface area contributed by atoms with Crippen LogP contribution in [-0.2, 0) is 17.8 Å². The second-order valence-electron chi connectivity index (χ2n) is 8.36. The van der Waals surface area contributed by atoms with Crippen molar-refractivity contribution in [1.29, 1.82) is 0 Å². The fourth-order valence-electron chi connectivity index (χ4n) is 4.18. The molecule has 6 rings (SSSR count). The molecule has 0 bridgehead atoms. The molecule has 35 heavy (non-hydrogen) atoms. The fraction of sp³-hybridized carbons (Fsp3) is 0.185. The number of nitrogens with one attached hydrogen (secondary N) is 1. The monoisotopic (exact) mass is 485 g/mol. The third kappa shape index (κ3) is 4.28. The van der Waals surface area contributed by atoms with Gasteiger partial charge in [0, 0.05) is 10.9 Å². The fourth-order valence-corrected chi connectivity index (χ4v) is 5.11. The van der Waals surface area contributed by atoms with E-state index in [1.807, 2.05) is 36.4 Å². The second-order valence-corrected chi connectivity index (χ2v) is 9.19. The Kier molecular flexibility index (Phi) is 5.50. The first-order chi connectivity index (χ1) is 17.2. The predicted octanol–water partition coefficient (Wildman–Crippen LogP) is 5.12. The number of thiazole rings is 1. The lowest BCUT2D eigenvalue weighted by molar-refractivity contribution is -0.118. The highest BCUT2D eigenvalue weighted by Gasteiger charge is 2.19. The summed E-state index contributed by atoms with van der Waals surface area (Å²) in [7, 11) is 0. The minimum atomic E-state index is -0.153. The molecule has 4 aromatic rings. The normalized spacial score (nSPS) is 14.4. The maximum absolute atomic E-state index is 11.9. The zero-order valence-corrected chi connectivity index (χ0v) is 19.9. The van der Waals surface area contributed by atoms with Gasteiger partial charge in [-0.3, -0.25) is 4.79 Å². The average molecular weight is 486 g/mol. The van der Waals surface area contributed by atoms with E-state index in [9.17, 15) is 4.79 Å². The van der Waals surface area contributed by atoms with Crippen LogP contribution in [-0.4, -0.2) is 23.9 Å². The Balaban J connectivity index is 1.44. The van der Waals surface area contributed by atoms with Gasteiger partial charge in [0.25, 0.3) is 5.91 Å². The number of hydrogen-bond donors (Lipinski definition) is 1. The third-order valence-corrected chi connectivity index (χ3v) is 6.92. The molecule has 0 fully saturated rings. The summed E-state index contributed by atoms with van der Waals surface area (Å²) in [6, 6.07) is 20.2. The molecule has 1 aromatic heterocycles. The van der Waals surface area contributed by atoms with Gasteiger partial charge in [-0.2, -0.15) is 0 Å². The van der Waals surface area contributed by atoms with Gasteiger partial charge in [-0.1, -0.05) is 25.1 Å². The molecular weight excluding hydrogens is 462 g/mol. The zero-order valence-electron chi connectivity index (χ0n) is 19.1. The summed E-state index contributed by atoms with van der Waals surface area (Å²) < 4.78 is 18.8. The summed E-state index contributed by atoms with van der Waals surface area (Å²) in [5.74, 6) is 2.03. The molecule has 0 spiro atoms. The van der Waals surface area contributed by atoms with E-state index >= 15 is 0 Å². The van der Waals surface area contributed by atoms with Crippen LogP contribution in [0.2, 0.25) is 0 Å². The van der Waals surface area contributed by atoms with E-state index in [2.05, 4.69) is 46.5 Å². The first kappa shape index (κ1) is 21.5. The highest BCUT2D eigenvalue weighted by Crippen LogP contribution is 2.35. The van der Waals surface area contributed by atoms with E-state index in [-0.39, 0.29) is 19.3 Å². The molecule has 0 unspecified atom stereocenters. The van der Waals surface area contributed by atoms with Gasteiger partial charge in [0.2, 0.25) is 6.79 Å². The molecule has 2 aliphatic heterocycles. The maximum Gasteiger partial charge on any atom is 0.262 e. The Morgan fingerprint density at radius 1 is 0.943 bits per heavy atom. The summed E-state index contributed by atoms with van der Waals surface area (Å²) in [6.07, 6.45) is 0.992. The van der Waals surface area contributed by atoms with Crippen LogP contribution in [0.1, 0.15) is 18.1 Å². The van der Waals surface area contributed by atoms with Gasteiger partial charge in [0.1, 0.15) is 5.75 Å². The first-order valence-electron chi connectivity index (χ1n) is 11.4. The number of nitrogens with zero attached hydrogens (tertiary/aromatic N) is 2. The number of anilines is 1. The van der Waals surface area contributed by atoms with Crippen LogP contribution in [0.15, 0.2) is 71.0 Å². The molecule has 7 nitrogen and oxygen atoms in total. The van der Waals surface area contributed by atoms with Gasteiger partial charge in [-0.15, -0.1) is 11.3 Å². The number of hydrogen-bond acceptors (Lipinski definition) is 6. The van der Waals surface area contributed by atoms with E-state index in [4.69, 9.17) is 19.2 Å². The lowest BCUT2D eigenvalue weighted by atomic mass is 10.1. The topological polar surface area (TPSA) is 74.1 Å². The number of carbonyl (C=O) groups is 1. The molecular formula is C27H23N3O4S. The average Bonchev–Trinajstić information content (AvgIpc) is 3.51. The Bertz CT molecular complexity index is 1490. The van der Waals surface area contributed by atoms with Gasteiger partial charge in [0.15, 0.2) is 22.9 Å². The molecule has 1 N–H and O–H groups in total. The minimum Gasteiger partial charge on any atom is -0.482 e. The SMILES string of the molecule is CCc1ccc(N=c2scc(-c3ccc4c(c3)NC(=O)CO4)n2Cc2ccc3c(c2)OCO3)cc1. The van der Waals surface area contributed by atoms with Crippen LogP contribution in [0.25, 0.3) is 11.3 Å². The lowest BCUT2D eigenvalue weighted by Crippen LogP contribution is -2.25. The number of benzene rings is 3. The Morgan fingerprint density at radius 2 is 1.74 bits per heavy atom. The molecule has 8 heteroatoms. The number of amides is 1. The van der Waals surface area contributed by atoms with Crippen molar-refractivity contribution in [3.8, 4) is 28.5 Å². The number of rotatable bonds is 5. The first-order valence-corrected chi connectivity index (χ1v) is 12.3. The molecule has 0 aliphatic carbocycles. The van der Waals surface area contributed by atoms with Crippen LogP contribution in [0, 0.1) is 0 Å². The number of carbonyl (C=O) groups excluding carboxylic acids is 1. The molecule has 0 saturated heterocycles. The maximum atomic E-state index is 11.9. The Hall–Kier alpha value is -4.04. The van der Waals surface area contributed by atoms with Crippen molar-refractivity contribution < 1.29 is 19.0 Å². The number of aromatic nitrogens is 1. The van der Waals surface area contributed by atoms with Crippen LogP contribution in [0.5, 0.6) is 17.2 Å². The van der Waals surface area contributed by atoms with E-state index in [1.54, 1.807) is 11.3 Å².